The van der Waals surface area contributed by atoms with Gasteiger partial charge < -0.3 is 5.32 Å². The summed E-state index contributed by atoms with van der Waals surface area (Å²) in [5, 5.41) is 6.90. The van der Waals surface area contributed by atoms with Gasteiger partial charge in [0.15, 0.2) is 0 Å². The van der Waals surface area contributed by atoms with Crippen molar-refractivity contribution < 1.29 is 4.79 Å². The molecule has 20 heavy (non-hydrogen) atoms. The van der Waals surface area contributed by atoms with Crippen molar-refractivity contribution in [2.45, 2.75) is 32.7 Å². The normalized spacial score (nSPS) is 10.4. The fourth-order valence-corrected chi connectivity index (χ4v) is 1.91. The molecule has 6 nitrogen and oxygen atoms in total. The van der Waals surface area contributed by atoms with Gasteiger partial charge in [-0.05, 0) is 25.5 Å². The van der Waals surface area contributed by atoms with Crippen LogP contribution in [0.15, 0.2) is 30.9 Å². The van der Waals surface area contributed by atoms with Crippen LogP contribution in [0.3, 0.4) is 0 Å². The highest BCUT2D eigenvalue weighted by atomic mass is 16.1. The Morgan fingerprint density at radius 1 is 1.40 bits per heavy atom. The third-order valence-electron chi connectivity index (χ3n) is 2.91. The first-order valence-corrected chi connectivity index (χ1v) is 6.76. The van der Waals surface area contributed by atoms with Crippen molar-refractivity contribution in [1.29, 1.82) is 0 Å². The second-order valence-electron chi connectivity index (χ2n) is 4.63. The first kappa shape index (κ1) is 14.2. The number of carbonyl (C=O) groups excluding carboxylic acids is 1. The van der Waals surface area contributed by atoms with Gasteiger partial charge in [0.05, 0.1) is 0 Å². The number of amides is 1. The average Bonchev–Trinajstić information content (AvgIpc) is 2.92. The van der Waals surface area contributed by atoms with E-state index in [-0.39, 0.29) is 5.91 Å². The molecule has 6 heteroatoms. The Labute approximate surface area is 118 Å². The Morgan fingerprint density at radius 2 is 2.30 bits per heavy atom. The van der Waals surface area contributed by atoms with Gasteiger partial charge in [0.1, 0.15) is 12.7 Å². The van der Waals surface area contributed by atoms with Crippen LogP contribution in [0.4, 0.5) is 0 Å². The molecule has 0 fully saturated rings. The number of aromatic nitrogens is 4. The van der Waals surface area contributed by atoms with E-state index in [1.54, 1.807) is 11.0 Å². The van der Waals surface area contributed by atoms with Crippen LogP contribution in [-0.2, 0) is 17.8 Å². The summed E-state index contributed by atoms with van der Waals surface area (Å²) in [6.07, 6.45) is 5.17. The lowest BCUT2D eigenvalue weighted by Crippen LogP contribution is -2.25. The summed E-state index contributed by atoms with van der Waals surface area (Å²) in [5.74, 6) is 0.0674. The zero-order valence-corrected chi connectivity index (χ0v) is 11.6. The van der Waals surface area contributed by atoms with E-state index in [1.807, 2.05) is 25.1 Å². The van der Waals surface area contributed by atoms with E-state index in [0.29, 0.717) is 19.5 Å². The van der Waals surface area contributed by atoms with E-state index in [1.165, 1.54) is 6.33 Å². The molecule has 1 N–H and O–H groups in total. The molecular weight excluding hydrogens is 254 g/mol. The fraction of sp³-hybridized carbons (Fsp3) is 0.429. The highest BCUT2D eigenvalue weighted by molar-refractivity contribution is 5.75. The van der Waals surface area contributed by atoms with Crippen LogP contribution in [0.1, 0.15) is 24.2 Å². The van der Waals surface area contributed by atoms with Crippen LogP contribution in [-0.4, -0.2) is 32.2 Å². The van der Waals surface area contributed by atoms with Crippen molar-refractivity contribution in [2.75, 3.05) is 6.54 Å². The van der Waals surface area contributed by atoms with Crippen molar-refractivity contribution >= 4 is 5.91 Å². The maximum Gasteiger partial charge on any atom is 0.220 e. The number of carbonyl (C=O) groups is 1. The topological polar surface area (TPSA) is 72.7 Å². The molecule has 2 heterocycles. The van der Waals surface area contributed by atoms with Gasteiger partial charge in [0.2, 0.25) is 5.91 Å². The molecule has 0 aliphatic heterocycles. The molecule has 0 aliphatic rings. The van der Waals surface area contributed by atoms with Crippen molar-refractivity contribution in [3.8, 4) is 0 Å². The second-order valence-corrected chi connectivity index (χ2v) is 4.63. The number of nitrogens with one attached hydrogen (secondary N) is 1. The number of rotatable bonds is 7. The Bertz CT molecular complexity index is 538. The molecule has 1 amide bonds. The van der Waals surface area contributed by atoms with Crippen molar-refractivity contribution in [2.24, 2.45) is 0 Å². The van der Waals surface area contributed by atoms with Crippen LogP contribution >= 0.6 is 0 Å². The molecule has 0 saturated carbocycles. The molecule has 2 aromatic rings. The minimum atomic E-state index is 0.0674. The van der Waals surface area contributed by atoms with Crippen LogP contribution in [0, 0.1) is 6.92 Å². The lowest BCUT2D eigenvalue weighted by Gasteiger charge is -2.05. The first-order valence-electron chi connectivity index (χ1n) is 6.76. The summed E-state index contributed by atoms with van der Waals surface area (Å²) in [7, 11) is 0. The molecule has 0 spiro atoms. The van der Waals surface area contributed by atoms with Crippen molar-refractivity contribution in [3.05, 3.63) is 42.2 Å². The van der Waals surface area contributed by atoms with Crippen molar-refractivity contribution in [1.82, 2.24) is 25.1 Å². The minimum absolute atomic E-state index is 0.0674. The van der Waals surface area contributed by atoms with Gasteiger partial charge in [-0.25, -0.2) is 4.98 Å². The van der Waals surface area contributed by atoms with Crippen LogP contribution in [0.2, 0.25) is 0 Å². The first-order chi connectivity index (χ1) is 9.74. The standard InChI is InChI=1S/C14H19N5O/c1-12-4-2-5-13(18-12)7-8-16-14(20)6-3-9-19-11-15-10-17-19/h2,4-5,10-11H,3,6-9H2,1H3,(H,16,20). The number of hydrogen-bond donors (Lipinski definition) is 1. The van der Waals surface area contributed by atoms with Gasteiger partial charge in [0, 0.05) is 37.3 Å². The maximum atomic E-state index is 11.7. The Balaban J connectivity index is 1.60. The lowest BCUT2D eigenvalue weighted by atomic mass is 10.2. The fourth-order valence-electron chi connectivity index (χ4n) is 1.91. The Morgan fingerprint density at radius 3 is 3.05 bits per heavy atom. The quantitative estimate of drug-likeness (QED) is 0.820. The molecule has 0 unspecified atom stereocenters. The maximum absolute atomic E-state index is 11.7. The summed E-state index contributed by atoms with van der Waals surface area (Å²) < 4.78 is 1.73. The van der Waals surface area contributed by atoms with E-state index >= 15 is 0 Å². The zero-order chi connectivity index (χ0) is 14.2. The van der Waals surface area contributed by atoms with Gasteiger partial charge in [-0.1, -0.05) is 6.07 Å². The van der Waals surface area contributed by atoms with E-state index in [4.69, 9.17) is 0 Å². The molecule has 0 atom stereocenters. The van der Waals surface area contributed by atoms with Gasteiger partial charge in [0.25, 0.3) is 0 Å². The predicted octanol–water partition coefficient (Wildman–Crippen LogP) is 1.12. The molecule has 0 radical (unpaired) electrons. The largest absolute Gasteiger partial charge is 0.356 e. The lowest BCUT2D eigenvalue weighted by molar-refractivity contribution is -0.121. The molecule has 2 aromatic heterocycles. The average molecular weight is 273 g/mol. The van der Waals surface area contributed by atoms with E-state index < -0.39 is 0 Å². The van der Waals surface area contributed by atoms with Crippen LogP contribution in [0.5, 0.6) is 0 Å². The molecule has 0 bridgehead atoms. The smallest absolute Gasteiger partial charge is 0.220 e. The van der Waals surface area contributed by atoms with E-state index in [9.17, 15) is 4.79 Å². The van der Waals surface area contributed by atoms with Gasteiger partial charge in [-0.2, -0.15) is 5.10 Å². The highest BCUT2D eigenvalue weighted by Gasteiger charge is 2.02. The summed E-state index contributed by atoms with van der Waals surface area (Å²) >= 11 is 0. The predicted molar refractivity (Wildman–Crippen MR) is 74.9 cm³/mol. The van der Waals surface area contributed by atoms with Gasteiger partial charge in [-0.3, -0.25) is 14.5 Å². The van der Waals surface area contributed by atoms with E-state index in [0.717, 1.165) is 24.2 Å². The zero-order valence-electron chi connectivity index (χ0n) is 11.6. The number of pyridine rings is 1. The summed E-state index contributed by atoms with van der Waals surface area (Å²) in [5.41, 5.74) is 2.01. The second kappa shape index (κ2) is 7.37. The number of aryl methyl sites for hydroxylation is 2. The molecule has 2 rings (SSSR count). The molecule has 0 aliphatic carbocycles. The van der Waals surface area contributed by atoms with Crippen LogP contribution in [0.25, 0.3) is 0 Å². The number of hydrogen-bond acceptors (Lipinski definition) is 4. The Hall–Kier alpha value is -2.24. The van der Waals surface area contributed by atoms with Gasteiger partial charge >= 0.3 is 0 Å². The summed E-state index contributed by atoms with van der Waals surface area (Å²) in [6, 6.07) is 5.92. The molecule has 0 aromatic carbocycles. The molecular formula is C14H19N5O. The Kier molecular flexibility index (Phi) is 5.23. The highest BCUT2D eigenvalue weighted by Crippen LogP contribution is 1.98. The summed E-state index contributed by atoms with van der Waals surface area (Å²) in [4.78, 5) is 19.9. The van der Waals surface area contributed by atoms with Gasteiger partial charge in [-0.15, -0.1) is 0 Å². The molecule has 106 valence electrons. The third kappa shape index (κ3) is 4.79. The molecule has 0 saturated heterocycles. The number of nitrogens with zero attached hydrogens (tertiary/aromatic N) is 4. The van der Waals surface area contributed by atoms with Crippen LogP contribution < -0.4 is 5.32 Å². The summed E-state index contributed by atoms with van der Waals surface area (Å²) in [6.45, 7) is 3.30. The third-order valence-corrected chi connectivity index (χ3v) is 2.91. The van der Waals surface area contributed by atoms with Crippen molar-refractivity contribution in [3.63, 3.8) is 0 Å². The van der Waals surface area contributed by atoms with E-state index in [2.05, 4.69) is 20.4 Å². The SMILES string of the molecule is Cc1cccc(CCNC(=O)CCCn2cncn2)n1. The monoisotopic (exact) mass is 273 g/mol. The minimum Gasteiger partial charge on any atom is -0.356 e.